The van der Waals surface area contributed by atoms with Crippen molar-refractivity contribution in [3.8, 4) is 0 Å². The summed E-state index contributed by atoms with van der Waals surface area (Å²) in [6.07, 6.45) is 7.15. The Morgan fingerprint density at radius 1 is 1.41 bits per heavy atom. The van der Waals surface area contributed by atoms with E-state index in [2.05, 4.69) is 22.3 Å². The van der Waals surface area contributed by atoms with E-state index >= 15 is 0 Å². The zero-order valence-corrected chi connectivity index (χ0v) is 12.3. The first-order valence-electron chi connectivity index (χ1n) is 7.36. The fraction of sp³-hybridized carbons (Fsp3) is 0.467. The van der Waals surface area contributed by atoms with Crippen molar-refractivity contribution >= 4 is 17.5 Å². The number of carbonyl (C=O) groups excluding carboxylic acids is 1. The standard InChI is InChI=1S/C15H18N4O3/c1-10-3-5-15(6-4-10,14(21)22)18-13(20)11-9-17-19-8-2-7-16-12(11)19/h2,7-10H,3-6H2,1H3,(H,18,20)(H,21,22). The summed E-state index contributed by atoms with van der Waals surface area (Å²) in [4.78, 5) is 28.3. The number of nitrogens with one attached hydrogen (secondary N) is 1. The van der Waals surface area contributed by atoms with Gasteiger partial charge in [0.2, 0.25) is 0 Å². The lowest BCUT2D eigenvalue weighted by Crippen LogP contribution is -2.56. The molecule has 1 amide bonds. The lowest BCUT2D eigenvalue weighted by Gasteiger charge is -2.36. The quantitative estimate of drug-likeness (QED) is 0.895. The molecule has 0 saturated heterocycles. The van der Waals surface area contributed by atoms with Gasteiger partial charge >= 0.3 is 5.97 Å². The fourth-order valence-electron chi connectivity index (χ4n) is 2.92. The number of hydrogen-bond acceptors (Lipinski definition) is 4. The minimum atomic E-state index is -1.19. The molecule has 1 saturated carbocycles. The number of nitrogens with zero attached hydrogens (tertiary/aromatic N) is 3. The Balaban J connectivity index is 1.87. The van der Waals surface area contributed by atoms with Gasteiger partial charge in [0.25, 0.3) is 5.91 Å². The van der Waals surface area contributed by atoms with Crippen molar-refractivity contribution in [2.24, 2.45) is 5.92 Å². The van der Waals surface area contributed by atoms with Gasteiger partial charge in [-0.05, 0) is 37.7 Å². The van der Waals surface area contributed by atoms with E-state index in [1.165, 1.54) is 10.7 Å². The lowest BCUT2D eigenvalue weighted by atomic mass is 9.77. The molecule has 3 rings (SSSR count). The predicted octanol–water partition coefficient (Wildman–Crippen LogP) is 1.49. The highest BCUT2D eigenvalue weighted by atomic mass is 16.4. The molecule has 0 atom stereocenters. The number of carboxylic acid groups (broad SMARTS) is 1. The number of fused-ring (bicyclic) bond motifs is 1. The van der Waals surface area contributed by atoms with Crippen molar-refractivity contribution in [3.05, 3.63) is 30.2 Å². The van der Waals surface area contributed by atoms with Crippen molar-refractivity contribution in [3.63, 3.8) is 0 Å². The van der Waals surface area contributed by atoms with E-state index in [4.69, 9.17) is 0 Å². The van der Waals surface area contributed by atoms with E-state index in [-0.39, 0.29) is 0 Å². The van der Waals surface area contributed by atoms with E-state index in [1.54, 1.807) is 18.5 Å². The maximum absolute atomic E-state index is 12.5. The summed E-state index contributed by atoms with van der Waals surface area (Å²) in [5.41, 5.74) is -0.475. The van der Waals surface area contributed by atoms with Gasteiger partial charge in [-0.1, -0.05) is 6.92 Å². The zero-order valence-electron chi connectivity index (χ0n) is 12.3. The molecule has 0 aliphatic heterocycles. The largest absolute Gasteiger partial charge is 0.480 e. The Hall–Kier alpha value is -2.44. The highest BCUT2D eigenvalue weighted by Gasteiger charge is 2.43. The molecule has 2 heterocycles. The van der Waals surface area contributed by atoms with Gasteiger partial charge in [-0.2, -0.15) is 5.10 Å². The molecule has 1 aliphatic carbocycles. The maximum Gasteiger partial charge on any atom is 0.329 e. The van der Waals surface area contributed by atoms with E-state index in [0.717, 1.165) is 12.8 Å². The molecule has 0 aromatic carbocycles. The average molecular weight is 302 g/mol. The molecule has 2 aromatic heterocycles. The van der Waals surface area contributed by atoms with Crippen LogP contribution in [0.25, 0.3) is 5.65 Å². The number of carbonyl (C=O) groups is 2. The Morgan fingerprint density at radius 2 is 2.14 bits per heavy atom. The first-order valence-corrected chi connectivity index (χ1v) is 7.36. The van der Waals surface area contributed by atoms with Gasteiger partial charge in [0.1, 0.15) is 11.1 Å². The third-order valence-corrected chi connectivity index (χ3v) is 4.41. The van der Waals surface area contributed by atoms with Crippen LogP contribution in [-0.4, -0.2) is 37.1 Å². The topological polar surface area (TPSA) is 96.6 Å². The Bertz CT molecular complexity index is 716. The number of hydrogen-bond donors (Lipinski definition) is 2. The van der Waals surface area contributed by atoms with E-state index < -0.39 is 17.4 Å². The van der Waals surface area contributed by atoms with Gasteiger partial charge in [0.15, 0.2) is 5.65 Å². The van der Waals surface area contributed by atoms with Crippen molar-refractivity contribution in [2.45, 2.75) is 38.1 Å². The van der Waals surface area contributed by atoms with E-state index in [0.29, 0.717) is 30.0 Å². The van der Waals surface area contributed by atoms with Crippen LogP contribution >= 0.6 is 0 Å². The SMILES string of the molecule is CC1CCC(NC(=O)c2cnn3cccnc23)(C(=O)O)CC1. The molecule has 1 fully saturated rings. The predicted molar refractivity (Wildman–Crippen MR) is 78.5 cm³/mol. The monoisotopic (exact) mass is 302 g/mol. The molecule has 0 radical (unpaired) electrons. The summed E-state index contributed by atoms with van der Waals surface area (Å²) in [5, 5.41) is 16.4. The minimum Gasteiger partial charge on any atom is -0.480 e. The second-order valence-corrected chi connectivity index (χ2v) is 5.97. The summed E-state index contributed by atoms with van der Waals surface area (Å²) in [6.45, 7) is 2.10. The molecule has 1 aliphatic rings. The highest BCUT2D eigenvalue weighted by Crippen LogP contribution is 2.32. The van der Waals surface area contributed by atoms with Crippen molar-refractivity contribution in [1.82, 2.24) is 19.9 Å². The normalized spacial score (nSPS) is 25.0. The zero-order chi connectivity index (χ0) is 15.7. The summed E-state index contributed by atoms with van der Waals surface area (Å²) < 4.78 is 1.49. The molecular formula is C15H18N4O3. The van der Waals surface area contributed by atoms with Gasteiger partial charge in [0, 0.05) is 12.4 Å². The Morgan fingerprint density at radius 3 is 2.82 bits per heavy atom. The van der Waals surface area contributed by atoms with Crippen LogP contribution in [0.3, 0.4) is 0 Å². The molecule has 116 valence electrons. The first kappa shape index (κ1) is 14.5. The van der Waals surface area contributed by atoms with Crippen molar-refractivity contribution < 1.29 is 14.7 Å². The number of aliphatic carboxylic acids is 1. The van der Waals surface area contributed by atoms with Gasteiger partial charge in [-0.3, -0.25) is 4.79 Å². The van der Waals surface area contributed by atoms with Gasteiger partial charge in [-0.25, -0.2) is 14.3 Å². The van der Waals surface area contributed by atoms with Crippen LogP contribution in [0.2, 0.25) is 0 Å². The Kier molecular flexibility index (Phi) is 3.56. The molecule has 2 aromatic rings. The Labute approximate surface area is 127 Å². The van der Waals surface area contributed by atoms with Crippen LogP contribution < -0.4 is 5.32 Å². The number of aromatic nitrogens is 3. The van der Waals surface area contributed by atoms with E-state index in [1.807, 2.05) is 0 Å². The summed E-state index contributed by atoms with van der Waals surface area (Å²) in [7, 11) is 0. The summed E-state index contributed by atoms with van der Waals surface area (Å²) in [6, 6.07) is 1.71. The van der Waals surface area contributed by atoms with Crippen LogP contribution in [0.1, 0.15) is 43.0 Å². The van der Waals surface area contributed by atoms with Gasteiger partial charge < -0.3 is 10.4 Å². The molecule has 22 heavy (non-hydrogen) atoms. The molecule has 0 spiro atoms. The van der Waals surface area contributed by atoms with Crippen LogP contribution in [-0.2, 0) is 4.79 Å². The fourth-order valence-corrected chi connectivity index (χ4v) is 2.92. The minimum absolute atomic E-state index is 0.292. The maximum atomic E-state index is 12.5. The molecule has 2 N–H and O–H groups in total. The smallest absolute Gasteiger partial charge is 0.329 e. The van der Waals surface area contributed by atoms with Gasteiger partial charge in [0.05, 0.1) is 6.20 Å². The molecule has 7 nitrogen and oxygen atoms in total. The van der Waals surface area contributed by atoms with Crippen molar-refractivity contribution in [1.29, 1.82) is 0 Å². The third kappa shape index (κ3) is 2.43. The van der Waals surface area contributed by atoms with E-state index in [9.17, 15) is 14.7 Å². The number of rotatable bonds is 3. The molecule has 0 bridgehead atoms. The van der Waals surface area contributed by atoms with Crippen LogP contribution in [0, 0.1) is 5.92 Å². The van der Waals surface area contributed by atoms with Crippen molar-refractivity contribution in [2.75, 3.05) is 0 Å². The second-order valence-electron chi connectivity index (χ2n) is 5.97. The molecule has 7 heteroatoms. The number of amides is 1. The second kappa shape index (κ2) is 5.40. The van der Waals surface area contributed by atoms with Crippen LogP contribution in [0.4, 0.5) is 0 Å². The summed E-state index contributed by atoms with van der Waals surface area (Å²) in [5.74, 6) is -0.925. The molecule has 0 unspecified atom stereocenters. The average Bonchev–Trinajstić information content (AvgIpc) is 2.93. The van der Waals surface area contributed by atoms with Gasteiger partial charge in [-0.15, -0.1) is 0 Å². The first-order chi connectivity index (χ1) is 10.5. The molecular weight excluding hydrogens is 284 g/mol. The lowest BCUT2D eigenvalue weighted by molar-refractivity contribution is -0.146. The number of carboxylic acids is 1. The highest BCUT2D eigenvalue weighted by molar-refractivity contribution is 6.02. The van der Waals surface area contributed by atoms with Crippen LogP contribution in [0.15, 0.2) is 24.7 Å². The van der Waals surface area contributed by atoms with Crippen LogP contribution in [0.5, 0.6) is 0 Å². The summed E-state index contributed by atoms with van der Waals surface area (Å²) >= 11 is 0. The third-order valence-electron chi connectivity index (χ3n) is 4.41.